The van der Waals surface area contributed by atoms with Gasteiger partial charge in [-0.3, -0.25) is 14.8 Å². The van der Waals surface area contributed by atoms with Crippen molar-refractivity contribution in [2.75, 3.05) is 32.8 Å². The van der Waals surface area contributed by atoms with Crippen molar-refractivity contribution in [3.05, 3.63) is 77.2 Å². The SMILES string of the molecule is C=CSC(=NCCc1ccccc1)C(C)=Nc1ccc(C(=O)N2CCOCC2)cc1C. The molecule has 0 aromatic heterocycles. The Kier molecular flexibility index (Phi) is 8.62. The highest BCUT2D eigenvalue weighted by atomic mass is 32.2. The van der Waals surface area contributed by atoms with Crippen LogP contribution in [-0.4, -0.2) is 54.4 Å². The zero-order chi connectivity index (χ0) is 22.1. The summed E-state index contributed by atoms with van der Waals surface area (Å²) in [7, 11) is 0. The number of aliphatic imine (C=N–C) groups is 2. The van der Waals surface area contributed by atoms with E-state index in [0.717, 1.165) is 28.4 Å². The Balaban J connectivity index is 1.72. The fourth-order valence-electron chi connectivity index (χ4n) is 3.34. The summed E-state index contributed by atoms with van der Waals surface area (Å²) >= 11 is 1.48. The van der Waals surface area contributed by atoms with Gasteiger partial charge in [0.2, 0.25) is 0 Å². The normalized spacial score (nSPS) is 15.1. The quantitative estimate of drug-likeness (QED) is 0.450. The first kappa shape index (κ1) is 23.0. The van der Waals surface area contributed by atoms with Gasteiger partial charge in [-0.1, -0.05) is 48.7 Å². The molecule has 162 valence electrons. The van der Waals surface area contributed by atoms with Crippen LogP contribution in [0.5, 0.6) is 0 Å². The molecule has 0 saturated carbocycles. The number of aryl methyl sites for hydroxylation is 1. The van der Waals surface area contributed by atoms with Crippen LogP contribution >= 0.6 is 11.8 Å². The molecule has 0 bridgehead atoms. The smallest absolute Gasteiger partial charge is 0.254 e. The number of hydrogen-bond acceptors (Lipinski definition) is 5. The van der Waals surface area contributed by atoms with Crippen molar-refractivity contribution in [1.82, 2.24) is 4.90 Å². The van der Waals surface area contributed by atoms with Gasteiger partial charge in [0.15, 0.2) is 0 Å². The molecule has 0 N–H and O–H groups in total. The Morgan fingerprint density at radius 3 is 2.61 bits per heavy atom. The number of ether oxygens (including phenoxy) is 1. The van der Waals surface area contributed by atoms with Gasteiger partial charge < -0.3 is 9.64 Å². The number of morpholine rings is 1. The monoisotopic (exact) mass is 435 g/mol. The van der Waals surface area contributed by atoms with Gasteiger partial charge in [0.25, 0.3) is 5.91 Å². The minimum atomic E-state index is 0.0454. The summed E-state index contributed by atoms with van der Waals surface area (Å²) < 4.78 is 5.34. The molecule has 1 amide bonds. The maximum Gasteiger partial charge on any atom is 0.254 e. The van der Waals surface area contributed by atoms with E-state index >= 15 is 0 Å². The van der Waals surface area contributed by atoms with E-state index in [1.54, 1.807) is 5.41 Å². The number of rotatable bonds is 7. The summed E-state index contributed by atoms with van der Waals surface area (Å²) in [6, 6.07) is 16.0. The van der Waals surface area contributed by atoms with Gasteiger partial charge in [-0.05, 0) is 55.0 Å². The van der Waals surface area contributed by atoms with Gasteiger partial charge in [0, 0.05) is 25.2 Å². The summed E-state index contributed by atoms with van der Waals surface area (Å²) in [5, 5.41) is 2.64. The first-order valence-corrected chi connectivity index (χ1v) is 11.4. The molecule has 1 heterocycles. The van der Waals surface area contributed by atoms with Crippen LogP contribution in [0.2, 0.25) is 0 Å². The standard InChI is InChI=1S/C25H29N3O2S/c1-4-31-24(26-13-12-21-8-6-5-7-9-21)20(3)27-23-11-10-22(18-19(23)2)25(29)28-14-16-30-17-15-28/h4-11,18H,1,12-17H2,2-3H3. The Labute approximate surface area is 188 Å². The maximum absolute atomic E-state index is 12.7. The molecule has 2 aromatic rings. The van der Waals surface area contributed by atoms with Gasteiger partial charge in [-0.15, -0.1) is 0 Å². The molecular weight excluding hydrogens is 406 g/mol. The molecule has 0 radical (unpaired) electrons. The van der Waals surface area contributed by atoms with Crippen LogP contribution in [0.1, 0.15) is 28.4 Å². The molecule has 1 aliphatic heterocycles. The van der Waals surface area contributed by atoms with Crippen LogP contribution in [0.4, 0.5) is 5.69 Å². The predicted molar refractivity (Wildman–Crippen MR) is 131 cm³/mol. The fourth-order valence-corrected chi connectivity index (χ4v) is 3.88. The van der Waals surface area contributed by atoms with E-state index in [-0.39, 0.29) is 5.91 Å². The molecule has 2 aromatic carbocycles. The van der Waals surface area contributed by atoms with Gasteiger partial charge in [-0.25, -0.2) is 0 Å². The highest BCUT2D eigenvalue weighted by Gasteiger charge is 2.19. The van der Waals surface area contributed by atoms with E-state index in [2.05, 4.69) is 18.7 Å². The van der Waals surface area contributed by atoms with Crippen molar-refractivity contribution in [3.8, 4) is 0 Å². The van der Waals surface area contributed by atoms with E-state index in [1.807, 2.05) is 55.1 Å². The van der Waals surface area contributed by atoms with Crippen LogP contribution in [0.15, 0.2) is 70.5 Å². The lowest BCUT2D eigenvalue weighted by Gasteiger charge is -2.27. The van der Waals surface area contributed by atoms with Crippen LogP contribution in [-0.2, 0) is 11.2 Å². The van der Waals surface area contributed by atoms with Crippen LogP contribution < -0.4 is 0 Å². The first-order chi connectivity index (χ1) is 15.1. The van der Waals surface area contributed by atoms with Crippen molar-refractivity contribution in [1.29, 1.82) is 0 Å². The van der Waals surface area contributed by atoms with E-state index in [4.69, 9.17) is 14.7 Å². The molecule has 1 saturated heterocycles. The molecule has 5 nitrogen and oxygen atoms in total. The molecule has 0 aliphatic carbocycles. The van der Waals surface area contributed by atoms with Crippen molar-refractivity contribution >= 4 is 34.1 Å². The number of carbonyl (C=O) groups is 1. The minimum Gasteiger partial charge on any atom is -0.378 e. The highest BCUT2D eigenvalue weighted by Crippen LogP contribution is 2.22. The summed E-state index contributed by atoms with van der Waals surface area (Å²) in [5.74, 6) is 0.0454. The van der Waals surface area contributed by atoms with Crippen LogP contribution in [0.25, 0.3) is 0 Å². The number of nitrogens with zero attached hydrogens (tertiary/aromatic N) is 3. The summed E-state index contributed by atoms with van der Waals surface area (Å²) in [4.78, 5) is 24.1. The molecule has 1 aliphatic rings. The van der Waals surface area contributed by atoms with Crippen LogP contribution in [0, 0.1) is 6.92 Å². The number of thioether (sulfide) groups is 1. The van der Waals surface area contributed by atoms with Gasteiger partial charge in [-0.2, -0.15) is 0 Å². The molecule has 0 atom stereocenters. The third-order valence-electron chi connectivity index (χ3n) is 5.03. The minimum absolute atomic E-state index is 0.0454. The molecule has 0 unspecified atom stereocenters. The molecular formula is C25H29N3O2S. The average Bonchev–Trinajstić information content (AvgIpc) is 2.80. The van der Waals surface area contributed by atoms with Crippen molar-refractivity contribution in [2.24, 2.45) is 9.98 Å². The van der Waals surface area contributed by atoms with Crippen molar-refractivity contribution in [3.63, 3.8) is 0 Å². The van der Waals surface area contributed by atoms with Gasteiger partial charge in [0.1, 0.15) is 5.04 Å². The number of benzene rings is 2. The molecule has 31 heavy (non-hydrogen) atoms. The first-order valence-electron chi connectivity index (χ1n) is 10.5. The molecule has 0 spiro atoms. The fraction of sp³-hybridized carbons (Fsp3) is 0.320. The number of carbonyl (C=O) groups excluding carboxylic acids is 1. The van der Waals surface area contributed by atoms with Crippen molar-refractivity contribution in [2.45, 2.75) is 20.3 Å². The third kappa shape index (κ3) is 6.64. The lowest BCUT2D eigenvalue weighted by molar-refractivity contribution is 0.0303. The lowest BCUT2D eigenvalue weighted by Crippen LogP contribution is -2.40. The van der Waals surface area contributed by atoms with Gasteiger partial charge >= 0.3 is 0 Å². The average molecular weight is 436 g/mol. The van der Waals surface area contributed by atoms with Crippen LogP contribution in [0.3, 0.4) is 0 Å². The Hall–Kier alpha value is -2.70. The number of hydrogen-bond donors (Lipinski definition) is 0. The molecule has 3 rings (SSSR count). The zero-order valence-electron chi connectivity index (χ0n) is 18.2. The van der Waals surface area contributed by atoms with E-state index in [0.29, 0.717) is 38.4 Å². The lowest BCUT2D eigenvalue weighted by atomic mass is 10.1. The van der Waals surface area contributed by atoms with E-state index < -0.39 is 0 Å². The summed E-state index contributed by atoms with van der Waals surface area (Å²) in [5.41, 5.74) is 4.60. The second-order valence-corrected chi connectivity index (χ2v) is 8.27. The topological polar surface area (TPSA) is 54.3 Å². The Morgan fingerprint density at radius 1 is 1.19 bits per heavy atom. The molecule has 6 heteroatoms. The largest absolute Gasteiger partial charge is 0.378 e. The Bertz CT molecular complexity index is 964. The second-order valence-electron chi connectivity index (χ2n) is 7.31. The van der Waals surface area contributed by atoms with Gasteiger partial charge in [0.05, 0.1) is 24.6 Å². The van der Waals surface area contributed by atoms with Crippen molar-refractivity contribution < 1.29 is 9.53 Å². The number of amides is 1. The van der Waals surface area contributed by atoms with E-state index in [1.165, 1.54) is 17.3 Å². The Morgan fingerprint density at radius 2 is 1.94 bits per heavy atom. The zero-order valence-corrected chi connectivity index (χ0v) is 19.0. The predicted octanol–water partition coefficient (Wildman–Crippen LogP) is 5.08. The summed E-state index contributed by atoms with van der Waals surface area (Å²) in [6.07, 6.45) is 0.882. The maximum atomic E-state index is 12.7. The molecule has 1 fully saturated rings. The van der Waals surface area contributed by atoms with E-state index in [9.17, 15) is 4.79 Å². The summed E-state index contributed by atoms with van der Waals surface area (Å²) in [6.45, 7) is 10.9. The third-order valence-corrected chi connectivity index (χ3v) is 5.85. The highest BCUT2D eigenvalue weighted by molar-refractivity contribution is 8.18. The second kappa shape index (κ2) is 11.6.